The van der Waals surface area contributed by atoms with Gasteiger partial charge in [0.25, 0.3) is 0 Å². The van der Waals surface area contributed by atoms with Crippen LogP contribution in [0.15, 0.2) is 42.5 Å². The van der Waals surface area contributed by atoms with Crippen molar-refractivity contribution in [2.24, 2.45) is 11.3 Å². The van der Waals surface area contributed by atoms with Gasteiger partial charge in [-0.1, -0.05) is 42.5 Å². The van der Waals surface area contributed by atoms with E-state index in [1.165, 1.54) is 0 Å². The predicted octanol–water partition coefficient (Wildman–Crippen LogP) is 3.01. The van der Waals surface area contributed by atoms with Crippen LogP contribution in [-0.2, 0) is 14.3 Å². The molecule has 114 valence electrons. The summed E-state index contributed by atoms with van der Waals surface area (Å²) < 4.78 is 5.19. The van der Waals surface area contributed by atoms with Crippen molar-refractivity contribution >= 4 is 12.3 Å². The van der Waals surface area contributed by atoms with E-state index in [1.54, 1.807) is 13.0 Å². The Labute approximate surface area is 130 Å². The number of nitrogens with zero attached hydrogens (tertiary/aromatic N) is 1. The second-order valence-corrected chi connectivity index (χ2v) is 5.34. The van der Waals surface area contributed by atoms with Gasteiger partial charge in [0.05, 0.1) is 12.7 Å². The van der Waals surface area contributed by atoms with Crippen LogP contribution >= 0.6 is 0 Å². The lowest BCUT2D eigenvalue weighted by atomic mass is 9.60. The van der Waals surface area contributed by atoms with Gasteiger partial charge in [-0.15, -0.1) is 0 Å². The normalized spacial score (nSPS) is 26.9. The monoisotopic (exact) mass is 297 g/mol. The van der Waals surface area contributed by atoms with Crippen molar-refractivity contribution in [3.8, 4) is 6.07 Å². The summed E-state index contributed by atoms with van der Waals surface area (Å²) in [6.07, 6.45) is 5.21. The Morgan fingerprint density at radius 2 is 2.18 bits per heavy atom. The molecular formula is C18H19NO3. The topological polar surface area (TPSA) is 67.2 Å². The molecule has 0 saturated heterocycles. The Bertz CT molecular complexity index is 603. The first-order valence-corrected chi connectivity index (χ1v) is 7.44. The molecule has 1 aliphatic carbocycles. The molecule has 0 radical (unpaired) electrons. The molecule has 22 heavy (non-hydrogen) atoms. The van der Waals surface area contributed by atoms with Crippen LogP contribution in [0.3, 0.4) is 0 Å². The number of esters is 1. The summed E-state index contributed by atoms with van der Waals surface area (Å²) in [7, 11) is 0. The lowest BCUT2D eigenvalue weighted by molar-refractivity contribution is -0.156. The Morgan fingerprint density at radius 3 is 2.77 bits per heavy atom. The standard InChI is InChI=1S/C18H19NO3/c1-2-22-17(21)18(13-19)15(11-12-20)9-6-10-16(18)14-7-4-3-5-8-14/h3-9,12,15-16H,2,10-11H2,1H3. The van der Waals surface area contributed by atoms with E-state index < -0.39 is 17.3 Å². The molecule has 3 atom stereocenters. The Hall–Kier alpha value is -2.41. The molecule has 0 aliphatic heterocycles. The Balaban J connectivity index is 2.55. The van der Waals surface area contributed by atoms with E-state index in [4.69, 9.17) is 4.74 Å². The van der Waals surface area contributed by atoms with Gasteiger partial charge >= 0.3 is 5.97 Å². The maximum atomic E-state index is 12.6. The molecule has 0 fully saturated rings. The van der Waals surface area contributed by atoms with Crippen LogP contribution in [0.1, 0.15) is 31.2 Å². The summed E-state index contributed by atoms with van der Waals surface area (Å²) in [4.78, 5) is 23.6. The largest absolute Gasteiger partial charge is 0.465 e. The molecule has 4 heteroatoms. The van der Waals surface area contributed by atoms with Crippen LogP contribution in [0.2, 0.25) is 0 Å². The number of nitriles is 1. The highest BCUT2D eigenvalue weighted by Gasteiger charge is 2.54. The van der Waals surface area contributed by atoms with Crippen molar-refractivity contribution in [2.45, 2.75) is 25.7 Å². The van der Waals surface area contributed by atoms with E-state index in [2.05, 4.69) is 6.07 Å². The van der Waals surface area contributed by atoms with Crippen LogP contribution in [0.25, 0.3) is 0 Å². The number of carbonyl (C=O) groups is 2. The fourth-order valence-electron chi connectivity index (χ4n) is 3.18. The SMILES string of the molecule is CCOC(=O)C1(C#N)C(CC=O)C=CCC1c1ccccc1. The molecule has 4 nitrogen and oxygen atoms in total. The van der Waals surface area contributed by atoms with Gasteiger partial charge in [-0.05, 0) is 18.9 Å². The third-order valence-corrected chi connectivity index (χ3v) is 4.22. The van der Waals surface area contributed by atoms with Crippen LogP contribution < -0.4 is 0 Å². The first-order valence-electron chi connectivity index (χ1n) is 7.44. The van der Waals surface area contributed by atoms with Crippen molar-refractivity contribution in [3.05, 3.63) is 48.0 Å². The molecule has 0 bridgehead atoms. The van der Waals surface area contributed by atoms with Gasteiger partial charge in [0.15, 0.2) is 5.41 Å². The average molecular weight is 297 g/mol. The van der Waals surface area contributed by atoms with Crippen LogP contribution in [0, 0.1) is 22.7 Å². The number of allylic oxidation sites excluding steroid dienone is 2. The summed E-state index contributed by atoms with van der Waals surface area (Å²) in [5.41, 5.74) is -0.440. The maximum absolute atomic E-state index is 12.6. The minimum Gasteiger partial charge on any atom is -0.465 e. The minimum atomic E-state index is -1.35. The van der Waals surface area contributed by atoms with Crippen LogP contribution in [0.5, 0.6) is 0 Å². The number of aldehydes is 1. The quantitative estimate of drug-likeness (QED) is 0.476. The highest BCUT2D eigenvalue weighted by molar-refractivity contribution is 5.83. The first kappa shape index (κ1) is 16.0. The fourth-order valence-corrected chi connectivity index (χ4v) is 3.18. The zero-order valence-electron chi connectivity index (χ0n) is 12.6. The number of ether oxygens (including phenoxy) is 1. The summed E-state index contributed by atoms with van der Waals surface area (Å²) >= 11 is 0. The lowest BCUT2D eigenvalue weighted by Crippen LogP contribution is -2.45. The van der Waals surface area contributed by atoms with E-state index >= 15 is 0 Å². The molecule has 0 spiro atoms. The van der Waals surface area contributed by atoms with E-state index in [1.807, 2.05) is 36.4 Å². The van der Waals surface area contributed by atoms with Gasteiger partial charge < -0.3 is 9.53 Å². The Kier molecular flexibility index (Phi) is 5.11. The predicted molar refractivity (Wildman–Crippen MR) is 81.8 cm³/mol. The zero-order valence-corrected chi connectivity index (χ0v) is 12.6. The number of rotatable bonds is 5. The van der Waals surface area contributed by atoms with Gasteiger partial charge in [0.1, 0.15) is 6.29 Å². The minimum absolute atomic E-state index is 0.131. The molecule has 3 unspecified atom stereocenters. The van der Waals surface area contributed by atoms with Crippen molar-refractivity contribution in [2.75, 3.05) is 6.61 Å². The lowest BCUT2D eigenvalue weighted by Gasteiger charge is -2.39. The maximum Gasteiger partial charge on any atom is 0.327 e. The first-order chi connectivity index (χ1) is 10.7. The summed E-state index contributed by atoms with van der Waals surface area (Å²) in [6, 6.07) is 11.7. The smallest absolute Gasteiger partial charge is 0.327 e. The third-order valence-electron chi connectivity index (χ3n) is 4.22. The van der Waals surface area contributed by atoms with Gasteiger partial charge in [-0.2, -0.15) is 5.26 Å². The van der Waals surface area contributed by atoms with Crippen LogP contribution in [0.4, 0.5) is 0 Å². The van der Waals surface area contributed by atoms with Crippen LogP contribution in [-0.4, -0.2) is 18.9 Å². The molecule has 1 aliphatic rings. The molecule has 0 amide bonds. The summed E-state index contributed by atoms with van der Waals surface area (Å²) in [5.74, 6) is -1.32. The van der Waals surface area contributed by atoms with Gasteiger partial charge in [0, 0.05) is 18.3 Å². The number of hydrogen-bond donors (Lipinski definition) is 0. The molecule has 1 aromatic rings. The van der Waals surface area contributed by atoms with E-state index in [9.17, 15) is 14.9 Å². The van der Waals surface area contributed by atoms with Gasteiger partial charge in [-0.25, -0.2) is 0 Å². The summed E-state index contributed by atoms with van der Waals surface area (Å²) in [5, 5.41) is 9.87. The molecule has 2 rings (SSSR count). The third kappa shape index (κ3) is 2.67. The number of benzene rings is 1. The number of carbonyl (C=O) groups excluding carboxylic acids is 2. The van der Waals surface area contributed by atoms with Crippen molar-refractivity contribution < 1.29 is 14.3 Å². The molecular weight excluding hydrogens is 278 g/mol. The Morgan fingerprint density at radius 1 is 1.45 bits per heavy atom. The van der Waals surface area contributed by atoms with E-state index in [0.717, 1.165) is 11.8 Å². The fraction of sp³-hybridized carbons (Fsp3) is 0.389. The second kappa shape index (κ2) is 7.04. The molecule has 1 aromatic carbocycles. The molecule has 0 heterocycles. The van der Waals surface area contributed by atoms with E-state index in [0.29, 0.717) is 6.42 Å². The highest BCUT2D eigenvalue weighted by Crippen LogP contribution is 2.49. The zero-order chi connectivity index (χ0) is 16.0. The highest BCUT2D eigenvalue weighted by atomic mass is 16.5. The van der Waals surface area contributed by atoms with Gasteiger partial charge in [-0.3, -0.25) is 4.79 Å². The molecule has 0 aromatic heterocycles. The van der Waals surface area contributed by atoms with Crippen molar-refractivity contribution in [1.82, 2.24) is 0 Å². The second-order valence-electron chi connectivity index (χ2n) is 5.34. The van der Waals surface area contributed by atoms with Gasteiger partial charge in [0.2, 0.25) is 0 Å². The molecule has 0 N–H and O–H groups in total. The van der Waals surface area contributed by atoms with Crippen molar-refractivity contribution in [3.63, 3.8) is 0 Å². The van der Waals surface area contributed by atoms with E-state index in [-0.39, 0.29) is 18.9 Å². The average Bonchev–Trinajstić information content (AvgIpc) is 2.56. The number of hydrogen-bond acceptors (Lipinski definition) is 4. The molecule has 0 saturated carbocycles. The summed E-state index contributed by atoms with van der Waals surface area (Å²) in [6.45, 7) is 1.93. The van der Waals surface area contributed by atoms with Crippen molar-refractivity contribution in [1.29, 1.82) is 5.26 Å².